The fraction of sp³-hybridized carbons (Fsp3) is 0.436. The number of ether oxygens (including phenoxy) is 1. The molecule has 2 aromatic heterocycles. The molecule has 0 radical (unpaired) electrons. The van der Waals surface area contributed by atoms with Crippen molar-refractivity contribution in [2.75, 3.05) is 43.6 Å². The summed E-state index contributed by atoms with van der Waals surface area (Å²) in [6.07, 6.45) is -0.997. The Labute approximate surface area is 389 Å². The number of carboxylic acids is 3. The molecule has 1 unspecified atom stereocenters. The second-order valence-corrected chi connectivity index (χ2v) is 16.1. The van der Waals surface area contributed by atoms with E-state index in [0.717, 1.165) is 16.7 Å². The van der Waals surface area contributed by atoms with Gasteiger partial charge in [-0.1, -0.05) is 0 Å². The number of hydrogen-bond donors (Lipinski definition) is 13. The maximum atomic E-state index is 13.6. The van der Waals surface area contributed by atoms with E-state index >= 15 is 0 Å². The molecule has 0 spiro atoms. The minimum atomic E-state index is -1.89. The summed E-state index contributed by atoms with van der Waals surface area (Å²) in [5.41, 5.74) is 11.3. The van der Waals surface area contributed by atoms with Gasteiger partial charge in [0.05, 0.1) is 43.3 Å². The van der Waals surface area contributed by atoms with Crippen molar-refractivity contribution < 1.29 is 63.2 Å². The molecule has 0 saturated carbocycles. The average Bonchev–Trinajstić information content (AvgIpc) is 3.55. The van der Waals surface area contributed by atoms with Gasteiger partial charge in [-0.25, -0.2) is 19.6 Å². The summed E-state index contributed by atoms with van der Waals surface area (Å²) >= 11 is 0.782. The summed E-state index contributed by atoms with van der Waals surface area (Å²) in [4.78, 5) is 142. The third kappa shape index (κ3) is 15.9. The van der Waals surface area contributed by atoms with Crippen LogP contribution in [0, 0.1) is 5.41 Å². The Kier molecular flexibility index (Phi) is 19.4. The van der Waals surface area contributed by atoms with Crippen molar-refractivity contribution in [2.45, 2.75) is 74.5 Å². The van der Waals surface area contributed by atoms with E-state index in [0.29, 0.717) is 11.4 Å². The molecule has 0 aliphatic carbocycles. The molecule has 0 bridgehead atoms. The Hall–Kier alpha value is -7.95. The fourth-order valence-electron chi connectivity index (χ4n) is 6.34. The number of fused-ring (bicyclic) bond motifs is 1. The maximum absolute atomic E-state index is 13.6. The number of amides is 6. The molecule has 3 aromatic rings. The first-order valence-electron chi connectivity index (χ1n) is 20.5. The number of nitrogens with one attached hydrogen (secondary N) is 8. The molecule has 366 valence electrons. The predicted octanol–water partition coefficient (Wildman–Crippen LogP) is -3.35. The molecule has 68 heavy (non-hydrogen) atoms. The molecule has 1 aliphatic heterocycles. The second kappa shape index (κ2) is 25.1. The summed E-state index contributed by atoms with van der Waals surface area (Å²) in [6, 6.07) is -0.835. The van der Waals surface area contributed by atoms with Crippen molar-refractivity contribution in [1.82, 2.24) is 51.4 Å². The van der Waals surface area contributed by atoms with E-state index in [1.807, 2.05) is 0 Å². The number of rotatable bonds is 27. The second-order valence-electron chi connectivity index (χ2n) is 14.9. The number of aliphatic carboxylic acids is 3. The zero-order chi connectivity index (χ0) is 50.1. The van der Waals surface area contributed by atoms with E-state index in [1.165, 1.54) is 37.6 Å². The van der Waals surface area contributed by atoms with Gasteiger partial charge in [0.15, 0.2) is 17.1 Å². The van der Waals surface area contributed by atoms with Gasteiger partial charge in [-0.05, 0) is 43.5 Å². The molecule has 1 aromatic carbocycles. The number of nitrogens with zero attached hydrogens (tertiary/aromatic N) is 4. The number of hydrogen-bond acceptors (Lipinski definition) is 18. The first-order chi connectivity index (χ1) is 32.3. The number of guanidine groups is 1. The highest BCUT2D eigenvalue weighted by molar-refractivity contribution is 8.00. The van der Waals surface area contributed by atoms with Crippen LogP contribution in [0.2, 0.25) is 0 Å². The average molecular weight is 971 g/mol. The minimum absolute atomic E-state index is 0.0116. The van der Waals surface area contributed by atoms with Crippen LogP contribution in [0.4, 0.5) is 11.6 Å². The Morgan fingerprint density at radius 3 is 2.25 bits per heavy atom. The summed E-state index contributed by atoms with van der Waals surface area (Å²) in [6.45, 7) is 0.223. The molecule has 1 aliphatic rings. The van der Waals surface area contributed by atoms with Crippen LogP contribution in [0.3, 0.4) is 0 Å². The number of imide groups is 1. The summed E-state index contributed by atoms with van der Waals surface area (Å²) in [5, 5.41) is 50.3. The van der Waals surface area contributed by atoms with Crippen LogP contribution in [0.15, 0.2) is 35.3 Å². The van der Waals surface area contributed by atoms with Crippen molar-refractivity contribution >= 4 is 93.9 Å². The number of likely N-dealkylation sites (tertiary alicyclic amines) is 1. The molecule has 1 fully saturated rings. The molecule has 28 nitrogen and oxygen atoms in total. The third-order valence-corrected chi connectivity index (χ3v) is 11.1. The highest BCUT2D eigenvalue weighted by Gasteiger charge is 2.40. The third-order valence-electron chi connectivity index (χ3n) is 9.82. The topological polar surface area (TPSA) is 446 Å². The highest BCUT2D eigenvalue weighted by Crippen LogP contribution is 2.26. The molecular weight excluding hydrogens is 921 g/mol. The Balaban J connectivity index is 1.35. The number of anilines is 2. The van der Waals surface area contributed by atoms with Crippen molar-refractivity contribution in [2.24, 2.45) is 5.73 Å². The summed E-state index contributed by atoms with van der Waals surface area (Å²) in [7, 11) is 1.38. The number of benzene rings is 1. The van der Waals surface area contributed by atoms with Crippen LogP contribution in [-0.2, 0) is 49.6 Å². The van der Waals surface area contributed by atoms with Crippen LogP contribution >= 0.6 is 11.8 Å². The number of methoxy groups -OCH3 is 1. The highest BCUT2D eigenvalue weighted by atomic mass is 32.2. The maximum Gasteiger partial charge on any atom is 0.327 e. The molecule has 29 heteroatoms. The molecule has 15 N–H and O–H groups in total. The largest absolute Gasteiger partial charge is 0.481 e. The van der Waals surface area contributed by atoms with Gasteiger partial charge in [0.25, 0.3) is 11.5 Å². The van der Waals surface area contributed by atoms with Crippen molar-refractivity contribution in [3.05, 3.63) is 52.1 Å². The van der Waals surface area contributed by atoms with E-state index < -0.39 is 119 Å². The van der Waals surface area contributed by atoms with Gasteiger partial charge >= 0.3 is 17.9 Å². The van der Waals surface area contributed by atoms with Gasteiger partial charge < -0.3 is 63.4 Å². The quantitative estimate of drug-likeness (QED) is 0.0154. The number of nitrogen functional groups attached to an aromatic ring is 1. The number of H-pyrrole nitrogens is 1. The number of carbonyl (C=O) groups is 9. The standard InChI is InChI=1S/C39H50N14O14S/c1-67-12-11-53-27(55)14-25(35(53)62)68-17-24(37(65)66)50-33(60)23(13-28(56)57)49-32(59)21(3-2-10-43-38(40)41)47-26(54)9-8-22(36(63)64)48-31(58)18-4-6-19(7-5-18)44-15-20-16-45-30-29(46-20)34(61)52-39(42)51-30/h4-7,16,21-25,44H,2-3,8-15,17H2,1H3,(H,47,54)(H,48,58)(H,49,59)(H,50,60)(H,56,57)(H,63,64)(H,65,66)(H4,40,41,43)(H3,42,45,51,52,61)/t21-,22-,23-,24-,25?/m0/s1. The SMILES string of the molecule is COCCN1C(=O)CC(SC[C@H](NC(=O)[C@H](CC(=O)O)NC(=O)[C@H](CCCNC(=N)N)NC(=O)CC[C@H](NC(=O)c2ccc(NCc3cnc4nc(N)[nH]c(=O)c4n3)cc2)C(=O)O)C(=O)O)C1=O. The number of carbonyl (C=O) groups excluding carboxylic acids is 6. The molecule has 6 amide bonds. The molecule has 1 saturated heterocycles. The fourth-order valence-corrected chi connectivity index (χ4v) is 7.52. The number of carboxylic acid groups (broad SMARTS) is 3. The molecule has 3 heterocycles. The molecule has 5 atom stereocenters. The van der Waals surface area contributed by atoms with Crippen LogP contribution in [0.5, 0.6) is 0 Å². The van der Waals surface area contributed by atoms with Gasteiger partial charge in [-0.2, -0.15) is 4.98 Å². The van der Waals surface area contributed by atoms with E-state index in [2.05, 4.69) is 51.8 Å². The van der Waals surface area contributed by atoms with Gasteiger partial charge in [0.1, 0.15) is 24.2 Å². The lowest BCUT2D eigenvalue weighted by atomic mass is 10.1. The monoisotopic (exact) mass is 970 g/mol. The Bertz CT molecular complexity index is 2460. The molecule has 4 rings (SSSR count). The molecular formula is C39H50N14O14S. The van der Waals surface area contributed by atoms with E-state index in [4.69, 9.17) is 21.6 Å². The van der Waals surface area contributed by atoms with Gasteiger partial charge in [-0.3, -0.25) is 53.6 Å². The number of thioether (sulfide) groups is 1. The zero-order valence-corrected chi connectivity index (χ0v) is 37.1. The van der Waals surface area contributed by atoms with Crippen LogP contribution < -0.4 is 48.9 Å². The predicted molar refractivity (Wildman–Crippen MR) is 239 cm³/mol. The summed E-state index contributed by atoms with van der Waals surface area (Å²) < 4.78 is 4.90. The van der Waals surface area contributed by atoms with E-state index in [9.17, 15) is 63.3 Å². The number of nitrogens with two attached hydrogens (primary N) is 2. The minimum Gasteiger partial charge on any atom is -0.481 e. The van der Waals surface area contributed by atoms with Crippen LogP contribution in [0.1, 0.15) is 54.6 Å². The van der Waals surface area contributed by atoms with Gasteiger partial charge in [0, 0.05) is 43.5 Å². The van der Waals surface area contributed by atoms with E-state index in [-0.39, 0.29) is 68.2 Å². The van der Waals surface area contributed by atoms with Crippen molar-refractivity contribution in [3.63, 3.8) is 0 Å². The van der Waals surface area contributed by atoms with Crippen molar-refractivity contribution in [3.8, 4) is 0 Å². The smallest absolute Gasteiger partial charge is 0.327 e. The van der Waals surface area contributed by atoms with Crippen LogP contribution in [-0.4, -0.2) is 161 Å². The lowest BCUT2D eigenvalue weighted by Gasteiger charge is -2.24. The Morgan fingerprint density at radius 1 is 0.926 bits per heavy atom. The lowest BCUT2D eigenvalue weighted by molar-refractivity contribution is -0.143. The first kappa shape index (κ1) is 52.7. The van der Waals surface area contributed by atoms with Crippen molar-refractivity contribution in [1.29, 1.82) is 5.41 Å². The van der Waals surface area contributed by atoms with Gasteiger partial charge in [0.2, 0.25) is 35.5 Å². The summed E-state index contributed by atoms with van der Waals surface area (Å²) in [5.74, 6) is -10.7. The van der Waals surface area contributed by atoms with E-state index in [1.54, 1.807) is 0 Å². The Morgan fingerprint density at radius 2 is 1.60 bits per heavy atom. The number of aromatic amines is 1. The lowest BCUT2D eigenvalue weighted by Crippen LogP contribution is -2.56. The van der Waals surface area contributed by atoms with Crippen LogP contribution in [0.25, 0.3) is 11.2 Å². The first-order valence-corrected chi connectivity index (χ1v) is 21.6. The normalized spacial score (nSPS) is 15.1. The number of aromatic nitrogens is 4. The van der Waals surface area contributed by atoms with Gasteiger partial charge in [-0.15, -0.1) is 11.8 Å². The zero-order valence-electron chi connectivity index (χ0n) is 36.2.